The number of halogens is 1. The number of tetrazole rings is 1. The Morgan fingerprint density at radius 1 is 1.05 bits per heavy atom. The number of carbonyl (C=O) groups is 1. The molecular weight excluding hydrogens is 532 g/mol. The van der Waals surface area contributed by atoms with Gasteiger partial charge in [0.05, 0.1) is 5.57 Å². The summed E-state index contributed by atoms with van der Waals surface area (Å²) in [5, 5.41) is 18.5. The number of hydrogen-bond acceptors (Lipinski definition) is 6. The Morgan fingerprint density at radius 2 is 1.86 bits per heavy atom. The van der Waals surface area contributed by atoms with E-state index in [1.165, 1.54) is 0 Å². The summed E-state index contributed by atoms with van der Waals surface area (Å²) in [6, 6.07) is 19.2. The van der Waals surface area contributed by atoms with E-state index in [0.717, 1.165) is 38.0 Å². The predicted octanol–water partition coefficient (Wildman–Crippen LogP) is 5.87. The molecule has 37 heavy (non-hydrogen) atoms. The molecule has 0 bridgehead atoms. The molecule has 3 aromatic carbocycles. The van der Waals surface area contributed by atoms with Crippen LogP contribution >= 0.6 is 15.9 Å². The summed E-state index contributed by atoms with van der Waals surface area (Å²) in [6.45, 7) is 8.31. The minimum absolute atomic E-state index is 0.243. The van der Waals surface area contributed by atoms with Gasteiger partial charge in [0, 0.05) is 21.4 Å². The van der Waals surface area contributed by atoms with Crippen LogP contribution in [-0.4, -0.2) is 26.1 Å². The van der Waals surface area contributed by atoms with Gasteiger partial charge < -0.3 is 15.4 Å². The molecule has 0 aliphatic carbocycles. The first-order valence-corrected chi connectivity index (χ1v) is 12.7. The molecule has 0 saturated carbocycles. The molecule has 1 aromatic heterocycles. The minimum Gasteiger partial charge on any atom is -0.489 e. The maximum absolute atomic E-state index is 13.8. The Labute approximate surface area is 223 Å². The third-order valence-corrected chi connectivity index (χ3v) is 6.99. The predicted molar refractivity (Wildman–Crippen MR) is 146 cm³/mol. The lowest BCUT2D eigenvalue weighted by Gasteiger charge is -2.29. The molecule has 1 atom stereocenters. The van der Waals surface area contributed by atoms with E-state index in [1.54, 1.807) is 4.68 Å². The highest BCUT2D eigenvalue weighted by atomic mass is 79.9. The standard InChI is InChI=1S/C28H27BrN6O2/c1-16-9-11-23(18(3)13-16)31-27(36)25-19(4)30-28-32-33-34-35(28)26(25)22-14-21(29)10-12-24(22)37-15-20-8-6-5-7-17(20)2/h5-14,26H,15H2,1-4H3,(H,31,36)(H,30,32,34). The van der Waals surface area contributed by atoms with E-state index in [-0.39, 0.29) is 5.91 Å². The van der Waals surface area contributed by atoms with E-state index < -0.39 is 6.04 Å². The van der Waals surface area contributed by atoms with Gasteiger partial charge in [-0.3, -0.25) is 4.79 Å². The van der Waals surface area contributed by atoms with Gasteiger partial charge in [-0.15, -0.1) is 0 Å². The molecular formula is C28H27BrN6O2. The maximum atomic E-state index is 13.8. The largest absolute Gasteiger partial charge is 0.489 e. The van der Waals surface area contributed by atoms with Crippen molar-refractivity contribution in [1.82, 2.24) is 20.2 Å². The van der Waals surface area contributed by atoms with Crippen molar-refractivity contribution in [1.29, 1.82) is 0 Å². The molecule has 0 radical (unpaired) electrons. The Balaban J connectivity index is 1.56. The Bertz CT molecular complexity index is 1530. The molecule has 4 aromatic rings. The van der Waals surface area contributed by atoms with Crippen LogP contribution in [0.2, 0.25) is 0 Å². The van der Waals surface area contributed by atoms with Crippen molar-refractivity contribution < 1.29 is 9.53 Å². The molecule has 9 heteroatoms. The van der Waals surface area contributed by atoms with E-state index in [2.05, 4.69) is 55.1 Å². The van der Waals surface area contributed by atoms with Crippen LogP contribution in [0.1, 0.15) is 40.8 Å². The molecule has 5 rings (SSSR count). The topological polar surface area (TPSA) is 94.0 Å². The number of ether oxygens (including phenoxy) is 1. The molecule has 0 saturated heterocycles. The van der Waals surface area contributed by atoms with Gasteiger partial charge in [0.15, 0.2) is 0 Å². The second-order valence-corrected chi connectivity index (χ2v) is 10.1. The molecule has 1 aliphatic heterocycles. The zero-order valence-corrected chi connectivity index (χ0v) is 22.6. The Kier molecular flexibility index (Phi) is 6.80. The monoisotopic (exact) mass is 558 g/mol. The number of allylic oxidation sites excluding steroid dienone is 1. The molecule has 8 nitrogen and oxygen atoms in total. The zero-order valence-electron chi connectivity index (χ0n) is 21.0. The maximum Gasteiger partial charge on any atom is 0.255 e. The lowest BCUT2D eigenvalue weighted by atomic mass is 9.94. The number of aryl methyl sites for hydroxylation is 3. The third kappa shape index (κ3) is 4.99. The van der Waals surface area contributed by atoms with E-state index in [9.17, 15) is 4.79 Å². The second-order valence-electron chi connectivity index (χ2n) is 9.18. The third-order valence-electron chi connectivity index (χ3n) is 6.50. The van der Waals surface area contributed by atoms with Gasteiger partial charge in [0.2, 0.25) is 5.95 Å². The summed E-state index contributed by atoms with van der Waals surface area (Å²) in [7, 11) is 0. The number of benzene rings is 3. The molecule has 1 aliphatic rings. The summed E-state index contributed by atoms with van der Waals surface area (Å²) < 4.78 is 8.81. The highest BCUT2D eigenvalue weighted by Crippen LogP contribution is 2.40. The SMILES string of the molecule is CC1=C(C(=O)Nc2ccc(C)cc2C)C(c2cc(Br)ccc2OCc2ccccc2C)n2nnnc2N1. The highest BCUT2D eigenvalue weighted by molar-refractivity contribution is 9.10. The van der Waals surface area contributed by atoms with Gasteiger partial charge in [-0.25, -0.2) is 0 Å². The first-order valence-electron chi connectivity index (χ1n) is 11.9. The normalized spacial score (nSPS) is 14.7. The Morgan fingerprint density at radius 3 is 2.65 bits per heavy atom. The number of nitrogens with zero attached hydrogens (tertiary/aromatic N) is 4. The van der Waals surface area contributed by atoms with Crippen LogP contribution in [0, 0.1) is 20.8 Å². The van der Waals surface area contributed by atoms with Crippen molar-refractivity contribution >= 4 is 33.5 Å². The molecule has 2 heterocycles. The van der Waals surface area contributed by atoms with Crippen molar-refractivity contribution in [2.75, 3.05) is 10.6 Å². The van der Waals surface area contributed by atoms with Gasteiger partial charge in [-0.1, -0.05) is 63.0 Å². The fourth-order valence-electron chi connectivity index (χ4n) is 4.53. The summed E-state index contributed by atoms with van der Waals surface area (Å²) >= 11 is 3.59. The van der Waals surface area contributed by atoms with Crippen LogP contribution in [0.15, 0.2) is 76.4 Å². The van der Waals surface area contributed by atoms with Crippen LogP contribution < -0.4 is 15.4 Å². The number of anilines is 2. The van der Waals surface area contributed by atoms with E-state index in [4.69, 9.17) is 4.74 Å². The van der Waals surface area contributed by atoms with Gasteiger partial charge in [-0.2, -0.15) is 4.68 Å². The second kappa shape index (κ2) is 10.2. The fraction of sp³-hybridized carbons (Fsp3) is 0.214. The molecule has 0 fully saturated rings. The molecule has 1 unspecified atom stereocenters. The van der Waals surface area contributed by atoms with Gasteiger partial charge in [0.1, 0.15) is 18.4 Å². The first kappa shape index (κ1) is 24.7. The number of rotatable bonds is 6. The summed E-state index contributed by atoms with van der Waals surface area (Å²) in [4.78, 5) is 13.8. The van der Waals surface area contributed by atoms with Crippen LogP contribution in [0.3, 0.4) is 0 Å². The lowest BCUT2D eigenvalue weighted by Crippen LogP contribution is -2.32. The van der Waals surface area contributed by atoms with Crippen molar-refractivity contribution in [2.45, 2.75) is 40.3 Å². The summed E-state index contributed by atoms with van der Waals surface area (Å²) in [5.41, 5.74) is 7.04. The van der Waals surface area contributed by atoms with Gasteiger partial charge in [-0.05, 0) is 79.1 Å². The van der Waals surface area contributed by atoms with Crippen molar-refractivity contribution in [3.8, 4) is 5.75 Å². The van der Waals surface area contributed by atoms with Crippen LogP contribution in [0.5, 0.6) is 5.75 Å². The summed E-state index contributed by atoms with van der Waals surface area (Å²) in [5.74, 6) is 0.854. The van der Waals surface area contributed by atoms with Gasteiger partial charge >= 0.3 is 0 Å². The van der Waals surface area contributed by atoms with Crippen LogP contribution in [0.4, 0.5) is 11.6 Å². The molecule has 1 amide bonds. The number of fused-ring (bicyclic) bond motifs is 1. The van der Waals surface area contributed by atoms with Crippen molar-refractivity contribution in [3.63, 3.8) is 0 Å². The number of nitrogens with one attached hydrogen (secondary N) is 2. The smallest absolute Gasteiger partial charge is 0.255 e. The van der Waals surface area contributed by atoms with Crippen LogP contribution in [-0.2, 0) is 11.4 Å². The minimum atomic E-state index is -0.610. The first-order chi connectivity index (χ1) is 17.8. The van der Waals surface area contributed by atoms with Crippen molar-refractivity contribution in [2.24, 2.45) is 0 Å². The van der Waals surface area contributed by atoms with E-state index in [0.29, 0.717) is 29.6 Å². The molecule has 188 valence electrons. The Hall–Kier alpha value is -3.98. The van der Waals surface area contributed by atoms with E-state index >= 15 is 0 Å². The quantitative estimate of drug-likeness (QED) is 0.307. The highest BCUT2D eigenvalue weighted by Gasteiger charge is 2.36. The molecule has 2 N–H and O–H groups in total. The van der Waals surface area contributed by atoms with E-state index in [1.807, 2.05) is 75.4 Å². The van der Waals surface area contributed by atoms with Crippen molar-refractivity contribution in [3.05, 3.63) is 104 Å². The average Bonchev–Trinajstić information content (AvgIpc) is 3.33. The number of carbonyl (C=O) groups excluding carboxylic acids is 1. The van der Waals surface area contributed by atoms with Crippen LogP contribution in [0.25, 0.3) is 0 Å². The lowest BCUT2D eigenvalue weighted by molar-refractivity contribution is -0.113. The molecule has 0 spiro atoms. The van der Waals surface area contributed by atoms with Gasteiger partial charge in [0.25, 0.3) is 5.91 Å². The zero-order chi connectivity index (χ0) is 26.1. The number of aromatic nitrogens is 4. The summed E-state index contributed by atoms with van der Waals surface area (Å²) in [6.07, 6.45) is 0. The average molecular weight is 559 g/mol. The number of amides is 1. The number of hydrogen-bond donors (Lipinski definition) is 2. The fourth-order valence-corrected chi connectivity index (χ4v) is 4.91.